The van der Waals surface area contributed by atoms with Crippen LogP contribution in [-0.2, 0) is 35.2 Å². The summed E-state index contributed by atoms with van der Waals surface area (Å²) in [5, 5.41) is 25.7. The number of nitrogens with one attached hydrogen (secondary N) is 3. The molecule has 9 N–H and O–H groups in total. The van der Waals surface area contributed by atoms with Crippen LogP contribution in [0.4, 0.5) is 0 Å². The van der Waals surface area contributed by atoms with Gasteiger partial charge in [-0.2, -0.15) is 0 Å². The smallest absolute Gasteiger partial charge is 0.326 e. The largest absolute Gasteiger partial charge is 0.481 e. The fraction of sp³-hybridized carbons (Fsp3) is 0.520. The number of carbonyl (C=O) groups excluding carboxylic acids is 4. The molecule has 38 heavy (non-hydrogen) atoms. The fourth-order valence-electron chi connectivity index (χ4n) is 3.54. The Labute approximate surface area is 220 Å². The van der Waals surface area contributed by atoms with E-state index in [2.05, 4.69) is 16.0 Å². The highest BCUT2D eigenvalue weighted by atomic mass is 16.4. The molecule has 0 fully saturated rings. The van der Waals surface area contributed by atoms with Gasteiger partial charge in [0, 0.05) is 19.3 Å². The van der Waals surface area contributed by atoms with Gasteiger partial charge in [0.25, 0.3) is 0 Å². The van der Waals surface area contributed by atoms with Gasteiger partial charge >= 0.3 is 11.9 Å². The predicted octanol–water partition coefficient (Wildman–Crippen LogP) is -0.728. The third-order valence-electron chi connectivity index (χ3n) is 5.56. The molecule has 0 saturated carbocycles. The van der Waals surface area contributed by atoms with Gasteiger partial charge in [0.2, 0.25) is 23.6 Å². The lowest BCUT2D eigenvalue weighted by atomic mass is 10.0. The normalized spacial score (nSPS) is 14.0. The van der Waals surface area contributed by atoms with Crippen LogP contribution in [0.1, 0.15) is 51.5 Å². The quantitative estimate of drug-likeness (QED) is 0.133. The summed E-state index contributed by atoms with van der Waals surface area (Å²) >= 11 is 0. The Hall–Kier alpha value is -4.00. The maximum Gasteiger partial charge on any atom is 0.326 e. The monoisotopic (exact) mass is 535 g/mol. The number of nitrogens with two attached hydrogens (primary N) is 2. The lowest BCUT2D eigenvalue weighted by Gasteiger charge is -2.25. The van der Waals surface area contributed by atoms with Gasteiger partial charge in [0.15, 0.2) is 0 Å². The predicted molar refractivity (Wildman–Crippen MR) is 136 cm³/mol. The van der Waals surface area contributed by atoms with Crippen molar-refractivity contribution in [3.05, 3.63) is 35.9 Å². The van der Waals surface area contributed by atoms with Crippen LogP contribution in [0.25, 0.3) is 0 Å². The first-order chi connectivity index (χ1) is 17.8. The Morgan fingerprint density at radius 3 is 1.87 bits per heavy atom. The molecule has 0 spiro atoms. The number of hydrogen-bond donors (Lipinski definition) is 7. The molecular formula is C25H37N5O8. The number of carboxylic acid groups (broad SMARTS) is 2. The molecule has 13 nitrogen and oxygen atoms in total. The zero-order valence-electron chi connectivity index (χ0n) is 21.5. The average Bonchev–Trinajstić information content (AvgIpc) is 2.83. The molecule has 13 heteroatoms. The number of aliphatic carboxylic acids is 2. The molecule has 0 aliphatic carbocycles. The van der Waals surface area contributed by atoms with Crippen molar-refractivity contribution in [2.45, 2.75) is 76.5 Å². The Kier molecular flexibility index (Phi) is 13.5. The summed E-state index contributed by atoms with van der Waals surface area (Å²) in [4.78, 5) is 72.5. The van der Waals surface area contributed by atoms with E-state index in [-0.39, 0.29) is 44.4 Å². The van der Waals surface area contributed by atoms with Crippen molar-refractivity contribution < 1.29 is 39.0 Å². The average molecular weight is 536 g/mol. The SMILES string of the molecule is CC(C)CC(NC(=O)C(Cc1ccccc1)NC(=O)C(CCC(N)=O)NC(=O)C(N)CCC(=O)O)C(=O)O. The second kappa shape index (κ2) is 16.0. The van der Waals surface area contributed by atoms with E-state index in [1.165, 1.54) is 0 Å². The van der Waals surface area contributed by atoms with E-state index < -0.39 is 59.7 Å². The first-order valence-corrected chi connectivity index (χ1v) is 12.2. The summed E-state index contributed by atoms with van der Waals surface area (Å²) in [5.41, 5.74) is 11.6. The molecule has 0 radical (unpaired) electrons. The second-order valence-corrected chi connectivity index (χ2v) is 9.38. The van der Waals surface area contributed by atoms with E-state index in [0.717, 1.165) is 0 Å². The van der Waals surface area contributed by atoms with E-state index in [4.69, 9.17) is 16.6 Å². The first kappa shape index (κ1) is 32.0. The van der Waals surface area contributed by atoms with Crippen LogP contribution in [-0.4, -0.2) is 69.9 Å². The van der Waals surface area contributed by atoms with Gasteiger partial charge in [-0.1, -0.05) is 44.2 Å². The van der Waals surface area contributed by atoms with E-state index in [0.29, 0.717) is 5.56 Å². The number of amides is 4. The molecule has 4 atom stereocenters. The number of primary amides is 1. The molecule has 0 aliphatic heterocycles. The van der Waals surface area contributed by atoms with E-state index in [1.807, 2.05) is 0 Å². The molecule has 0 heterocycles. The Morgan fingerprint density at radius 2 is 1.34 bits per heavy atom. The molecule has 1 aromatic carbocycles. The third-order valence-corrected chi connectivity index (χ3v) is 5.56. The summed E-state index contributed by atoms with van der Waals surface area (Å²) in [7, 11) is 0. The van der Waals surface area contributed by atoms with Crippen molar-refractivity contribution in [3.63, 3.8) is 0 Å². The van der Waals surface area contributed by atoms with Crippen molar-refractivity contribution in [1.29, 1.82) is 0 Å². The van der Waals surface area contributed by atoms with E-state index in [9.17, 15) is 33.9 Å². The fourth-order valence-corrected chi connectivity index (χ4v) is 3.54. The minimum atomic E-state index is -1.32. The van der Waals surface area contributed by atoms with Crippen molar-refractivity contribution in [2.75, 3.05) is 0 Å². The van der Waals surface area contributed by atoms with Crippen LogP contribution in [0.2, 0.25) is 0 Å². The Balaban J connectivity index is 3.13. The number of carbonyl (C=O) groups is 6. The van der Waals surface area contributed by atoms with Gasteiger partial charge < -0.3 is 37.6 Å². The highest BCUT2D eigenvalue weighted by Crippen LogP contribution is 2.09. The highest BCUT2D eigenvalue weighted by molar-refractivity contribution is 5.94. The minimum absolute atomic E-state index is 0.0149. The molecule has 0 bridgehead atoms. The molecule has 1 rings (SSSR count). The highest BCUT2D eigenvalue weighted by Gasteiger charge is 2.31. The van der Waals surface area contributed by atoms with Crippen LogP contribution in [0.15, 0.2) is 30.3 Å². The van der Waals surface area contributed by atoms with Gasteiger partial charge in [-0.3, -0.25) is 24.0 Å². The maximum atomic E-state index is 13.2. The molecule has 0 saturated heterocycles. The lowest BCUT2D eigenvalue weighted by Crippen LogP contribution is -2.57. The molecule has 210 valence electrons. The number of hydrogen-bond acceptors (Lipinski definition) is 7. The van der Waals surface area contributed by atoms with Gasteiger partial charge in [0.05, 0.1) is 6.04 Å². The first-order valence-electron chi connectivity index (χ1n) is 12.2. The van der Waals surface area contributed by atoms with Crippen LogP contribution < -0.4 is 27.4 Å². The Morgan fingerprint density at radius 1 is 0.789 bits per heavy atom. The standard InChI is InChI=1S/C25H37N5O8/c1-14(2)12-19(25(37)38)30-24(36)18(13-15-6-4-3-5-7-15)29-23(35)17(9-10-20(27)31)28-22(34)16(26)8-11-21(32)33/h3-7,14,16-19H,8-13,26H2,1-2H3,(H2,27,31)(H,28,34)(H,29,35)(H,30,36)(H,32,33)(H,37,38). The number of carboxylic acids is 2. The minimum Gasteiger partial charge on any atom is -0.481 e. The Bertz CT molecular complexity index is 985. The van der Waals surface area contributed by atoms with Gasteiger partial charge in [-0.15, -0.1) is 0 Å². The number of rotatable bonds is 17. The molecule has 4 unspecified atom stereocenters. The molecular weight excluding hydrogens is 498 g/mol. The second-order valence-electron chi connectivity index (χ2n) is 9.38. The van der Waals surface area contributed by atoms with Crippen LogP contribution >= 0.6 is 0 Å². The van der Waals surface area contributed by atoms with Crippen LogP contribution in [0.5, 0.6) is 0 Å². The summed E-state index contributed by atoms with van der Waals surface area (Å²) < 4.78 is 0. The lowest BCUT2D eigenvalue weighted by molar-refractivity contribution is -0.143. The summed E-state index contributed by atoms with van der Waals surface area (Å²) in [6.45, 7) is 3.61. The van der Waals surface area contributed by atoms with Crippen LogP contribution in [0, 0.1) is 5.92 Å². The molecule has 1 aromatic rings. The zero-order chi connectivity index (χ0) is 28.8. The van der Waals surface area contributed by atoms with Crippen molar-refractivity contribution >= 4 is 35.6 Å². The van der Waals surface area contributed by atoms with Gasteiger partial charge in [0.1, 0.15) is 18.1 Å². The van der Waals surface area contributed by atoms with Crippen molar-refractivity contribution in [1.82, 2.24) is 16.0 Å². The number of benzene rings is 1. The summed E-state index contributed by atoms with van der Waals surface area (Å²) in [6.07, 6.45) is -0.847. The molecule has 4 amide bonds. The van der Waals surface area contributed by atoms with Gasteiger partial charge in [-0.05, 0) is 30.7 Å². The van der Waals surface area contributed by atoms with E-state index in [1.54, 1.807) is 44.2 Å². The topological polar surface area (TPSA) is 231 Å². The summed E-state index contributed by atoms with van der Waals surface area (Å²) in [6, 6.07) is 3.74. The third kappa shape index (κ3) is 12.3. The maximum absolute atomic E-state index is 13.2. The van der Waals surface area contributed by atoms with Crippen molar-refractivity contribution in [3.8, 4) is 0 Å². The van der Waals surface area contributed by atoms with E-state index >= 15 is 0 Å². The van der Waals surface area contributed by atoms with Gasteiger partial charge in [-0.25, -0.2) is 4.79 Å². The van der Waals surface area contributed by atoms with Crippen molar-refractivity contribution in [2.24, 2.45) is 17.4 Å². The molecule has 0 aliphatic rings. The zero-order valence-corrected chi connectivity index (χ0v) is 21.5. The summed E-state index contributed by atoms with van der Waals surface area (Å²) in [5.74, 6) is -5.52. The van der Waals surface area contributed by atoms with Crippen LogP contribution in [0.3, 0.4) is 0 Å². The molecule has 0 aromatic heterocycles.